The summed E-state index contributed by atoms with van der Waals surface area (Å²) in [7, 11) is -3.51. The first kappa shape index (κ1) is 19.3. The van der Waals surface area contributed by atoms with Crippen LogP contribution in [0.15, 0.2) is 46.7 Å². The maximum absolute atomic E-state index is 12.6. The van der Waals surface area contributed by atoms with Crippen molar-refractivity contribution in [2.75, 3.05) is 31.5 Å². The van der Waals surface area contributed by atoms with E-state index >= 15 is 0 Å². The lowest BCUT2D eigenvalue weighted by atomic mass is 10.2. The van der Waals surface area contributed by atoms with Crippen LogP contribution in [0.3, 0.4) is 0 Å². The molecule has 9 heteroatoms. The van der Waals surface area contributed by atoms with E-state index in [4.69, 9.17) is 11.6 Å². The fourth-order valence-corrected chi connectivity index (χ4v) is 6.05. The number of hydrogen-bond donors (Lipinski definition) is 2. The van der Waals surface area contributed by atoms with Gasteiger partial charge in [-0.2, -0.15) is 4.31 Å². The van der Waals surface area contributed by atoms with Crippen LogP contribution in [0.5, 0.6) is 0 Å². The number of sulfonamides is 1. The summed E-state index contributed by atoms with van der Waals surface area (Å²) in [4.78, 5) is 13.5. The molecule has 1 aromatic carbocycles. The number of carbonyl (C=O) groups excluding carboxylic acids is 1. The van der Waals surface area contributed by atoms with E-state index < -0.39 is 10.0 Å². The van der Waals surface area contributed by atoms with Crippen LogP contribution < -0.4 is 10.2 Å². The molecule has 0 aliphatic carbocycles. The molecule has 1 fully saturated rings. The number of para-hydroxylation sites is 1. The van der Waals surface area contributed by atoms with E-state index in [0.717, 1.165) is 21.9 Å². The minimum Gasteiger partial charge on any atom is -0.323 e. The number of benzene rings is 1. The fraction of sp³-hybridized carbons (Fsp3) is 0.353. The molecule has 140 valence electrons. The van der Waals surface area contributed by atoms with E-state index in [2.05, 4.69) is 5.32 Å². The first-order valence-electron chi connectivity index (χ1n) is 8.34. The van der Waals surface area contributed by atoms with Crippen LogP contribution in [-0.4, -0.2) is 50.9 Å². The summed E-state index contributed by atoms with van der Waals surface area (Å²) in [5.41, 5.74) is 0.763. The van der Waals surface area contributed by atoms with E-state index in [0.29, 0.717) is 30.5 Å². The van der Waals surface area contributed by atoms with Gasteiger partial charge in [0.1, 0.15) is 4.21 Å². The molecular formula is C17H21ClN3O3S2+. The van der Waals surface area contributed by atoms with Gasteiger partial charge in [-0.3, -0.25) is 4.79 Å². The van der Waals surface area contributed by atoms with E-state index in [1.807, 2.05) is 37.3 Å². The lowest BCUT2D eigenvalue weighted by Crippen LogP contribution is -3.19. The Balaban J connectivity index is 1.58. The van der Waals surface area contributed by atoms with Gasteiger partial charge in [-0.05, 0) is 31.2 Å². The van der Waals surface area contributed by atoms with Gasteiger partial charge in [0.05, 0.1) is 30.5 Å². The first-order valence-corrected chi connectivity index (χ1v) is 11.0. The van der Waals surface area contributed by atoms with Crippen LogP contribution in [0.25, 0.3) is 0 Å². The zero-order chi connectivity index (χ0) is 18.7. The van der Waals surface area contributed by atoms with Crippen LogP contribution >= 0.6 is 22.9 Å². The third kappa shape index (κ3) is 4.27. The lowest BCUT2D eigenvalue weighted by molar-refractivity contribution is -0.917. The van der Waals surface area contributed by atoms with Gasteiger partial charge in [0.2, 0.25) is 0 Å². The van der Waals surface area contributed by atoms with Crippen molar-refractivity contribution in [3.05, 3.63) is 46.8 Å². The summed E-state index contributed by atoms with van der Waals surface area (Å²) in [5, 5.41) is 2.90. The quantitative estimate of drug-likeness (QED) is 0.775. The van der Waals surface area contributed by atoms with Crippen LogP contribution in [0.2, 0.25) is 4.34 Å². The second kappa shape index (κ2) is 8.06. The molecule has 6 nitrogen and oxygen atoms in total. The molecule has 2 heterocycles. The Kier molecular flexibility index (Phi) is 5.99. The lowest BCUT2D eigenvalue weighted by Gasteiger charge is -2.33. The summed E-state index contributed by atoms with van der Waals surface area (Å²) in [6, 6.07) is 12.2. The maximum atomic E-state index is 12.6. The van der Waals surface area contributed by atoms with Gasteiger partial charge in [-0.1, -0.05) is 29.8 Å². The highest BCUT2D eigenvalue weighted by atomic mass is 35.5. The van der Waals surface area contributed by atoms with E-state index in [9.17, 15) is 13.2 Å². The average Bonchev–Trinajstić information content (AvgIpc) is 3.09. The molecule has 1 aliphatic rings. The summed E-state index contributed by atoms with van der Waals surface area (Å²) in [5.74, 6) is -0.0625. The number of anilines is 1. The molecule has 0 unspecified atom stereocenters. The van der Waals surface area contributed by atoms with Crippen molar-refractivity contribution in [1.29, 1.82) is 0 Å². The Bertz CT molecular complexity index is 862. The highest BCUT2D eigenvalue weighted by Crippen LogP contribution is 2.28. The van der Waals surface area contributed by atoms with Crippen molar-refractivity contribution in [3.63, 3.8) is 0 Å². The minimum absolute atomic E-state index is 0.0625. The topological polar surface area (TPSA) is 70.9 Å². The van der Waals surface area contributed by atoms with Gasteiger partial charge in [-0.25, -0.2) is 8.42 Å². The number of carbonyl (C=O) groups is 1. The maximum Gasteiger partial charge on any atom is 0.282 e. The van der Waals surface area contributed by atoms with Crippen LogP contribution in [0.4, 0.5) is 5.69 Å². The molecule has 0 saturated carbocycles. The number of thiophene rings is 1. The molecule has 1 saturated heterocycles. The predicted molar refractivity (Wildman–Crippen MR) is 103 cm³/mol. The number of amides is 1. The van der Waals surface area contributed by atoms with Gasteiger partial charge in [0.15, 0.2) is 6.04 Å². The molecule has 2 aromatic rings. The number of rotatable bonds is 5. The van der Waals surface area contributed by atoms with Crippen molar-refractivity contribution in [2.24, 2.45) is 0 Å². The second-order valence-corrected chi connectivity index (χ2v) is 10.1. The summed E-state index contributed by atoms with van der Waals surface area (Å²) in [6.07, 6.45) is 0. The number of halogens is 1. The monoisotopic (exact) mass is 414 g/mol. The molecule has 26 heavy (non-hydrogen) atoms. The summed E-state index contributed by atoms with van der Waals surface area (Å²) in [6.45, 7) is 3.81. The number of hydrogen-bond acceptors (Lipinski definition) is 4. The van der Waals surface area contributed by atoms with Gasteiger partial charge in [0.25, 0.3) is 15.9 Å². The van der Waals surface area contributed by atoms with Crippen molar-refractivity contribution in [3.8, 4) is 0 Å². The molecule has 1 amide bonds. The predicted octanol–water partition coefficient (Wildman–Crippen LogP) is 1.32. The average molecular weight is 415 g/mol. The molecular weight excluding hydrogens is 394 g/mol. The highest BCUT2D eigenvalue weighted by molar-refractivity contribution is 7.91. The Morgan fingerprint density at radius 1 is 1.19 bits per heavy atom. The zero-order valence-corrected chi connectivity index (χ0v) is 16.7. The summed E-state index contributed by atoms with van der Waals surface area (Å²) >= 11 is 6.92. The minimum atomic E-state index is -3.51. The Morgan fingerprint density at radius 3 is 2.42 bits per heavy atom. The van der Waals surface area contributed by atoms with Crippen molar-refractivity contribution in [2.45, 2.75) is 17.2 Å². The number of quaternary nitrogens is 1. The van der Waals surface area contributed by atoms with Crippen LogP contribution in [0, 0.1) is 0 Å². The van der Waals surface area contributed by atoms with Gasteiger partial charge >= 0.3 is 0 Å². The number of nitrogens with one attached hydrogen (secondary N) is 2. The largest absolute Gasteiger partial charge is 0.323 e. The molecule has 1 aromatic heterocycles. The van der Waals surface area contributed by atoms with Crippen molar-refractivity contribution >= 4 is 44.6 Å². The Labute approximate surface area is 162 Å². The molecule has 0 spiro atoms. The molecule has 1 aliphatic heterocycles. The first-order chi connectivity index (χ1) is 12.4. The van der Waals surface area contributed by atoms with Crippen LogP contribution in [0.1, 0.15) is 6.92 Å². The van der Waals surface area contributed by atoms with Gasteiger partial charge < -0.3 is 10.2 Å². The number of piperazine rings is 1. The highest BCUT2D eigenvalue weighted by Gasteiger charge is 2.35. The van der Waals surface area contributed by atoms with Crippen molar-refractivity contribution < 1.29 is 18.1 Å². The Morgan fingerprint density at radius 2 is 1.85 bits per heavy atom. The summed E-state index contributed by atoms with van der Waals surface area (Å²) < 4.78 is 27.5. The Hall–Kier alpha value is -1.45. The van der Waals surface area contributed by atoms with E-state index in [1.54, 1.807) is 6.07 Å². The third-order valence-electron chi connectivity index (χ3n) is 4.55. The molecule has 1 atom stereocenters. The normalized spacial score (nSPS) is 17.8. The number of nitrogens with zero attached hydrogens (tertiary/aromatic N) is 1. The second-order valence-electron chi connectivity index (χ2n) is 6.20. The van der Waals surface area contributed by atoms with Gasteiger partial charge in [-0.15, -0.1) is 11.3 Å². The molecule has 3 rings (SSSR count). The molecule has 0 bridgehead atoms. The third-order valence-corrected chi connectivity index (χ3v) is 8.15. The van der Waals surface area contributed by atoms with Crippen molar-refractivity contribution in [1.82, 2.24) is 4.31 Å². The van der Waals surface area contributed by atoms with Crippen LogP contribution in [-0.2, 0) is 14.8 Å². The molecule has 0 radical (unpaired) electrons. The zero-order valence-electron chi connectivity index (χ0n) is 14.3. The molecule has 2 N–H and O–H groups in total. The SMILES string of the molecule is C[C@@H](C(=O)Nc1ccccc1)[NH+]1CCN(S(=O)(=O)c2ccc(Cl)s2)CC1. The van der Waals surface area contributed by atoms with E-state index in [-0.39, 0.29) is 16.2 Å². The smallest absolute Gasteiger partial charge is 0.282 e. The van der Waals surface area contributed by atoms with Gasteiger partial charge in [0, 0.05) is 5.69 Å². The standard InChI is InChI=1S/C17H20ClN3O3S2/c1-13(17(22)19-14-5-3-2-4-6-14)20-9-11-21(12-10-20)26(23,24)16-8-7-15(18)25-16/h2-8,13H,9-12H2,1H3,(H,19,22)/p+1/t13-/m0/s1. The fourth-order valence-electron chi connectivity index (χ4n) is 2.97. The van der Waals surface area contributed by atoms with E-state index in [1.165, 1.54) is 10.4 Å².